The van der Waals surface area contributed by atoms with Crippen LogP contribution in [0.25, 0.3) is 0 Å². The van der Waals surface area contributed by atoms with Crippen LogP contribution in [0.5, 0.6) is 11.5 Å². The SMILES string of the molecule is CCCOc1ccccc1OCC(=O)N(C)Cc1cccs1. The molecule has 5 heteroatoms. The zero-order valence-electron chi connectivity index (χ0n) is 13.0. The lowest BCUT2D eigenvalue weighted by atomic mass is 10.3. The van der Waals surface area contributed by atoms with Crippen LogP contribution in [-0.2, 0) is 11.3 Å². The normalized spacial score (nSPS) is 10.3. The lowest BCUT2D eigenvalue weighted by Gasteiger charge is -2.17. The van der Waals surface area contributed by atoms with Gasteiger partial charge >= 0.3 is 0 Å². The molecule has 22 heavy (non-hydrogen) atoms. The molecule has 0 unspecified atom stereocenters. The van der Waals surface area contributed by atoms with E-state index in [1.54, 1.807) is 23.3 Å². The maximum Gasteiger partial charge on any atom is 0.260 e. The second-order valence-electron chi connectivity index (χ2n) is 4.91. The largest absolute Gasteiger partial charge is 0.490 e. The number of nitrogens with zero attached hydrogens (tertiary/aromatic N) is 1. The van der Waals surface area contributed by atoms with E-state index >= 15 is 0 Å². The van der Waals surface area contributed by atoms with Crippen molar-refractivity contribution in [1.29, 1.82) is 0 Å². The molecular weight excluding hydrogens is 298 g/mol. The lowest BCUT2D eigenvalue weighted by Crippen LogP contribution is -2.30. The van der Waals surface area contributed by atoms with E-state index in [9.17, 15) is 4.79 Å². The van der Waals surface area contributed by atoms with Gasteiger partial charge in [0.2, 0.25) is 0 Å². The number of likely N-dealkylation sites (N-methyl/N-ethyl adjacent to an activating group) is 1. The van der Waals surface area contributed by atoms with Crippen LogP contribution in [0.15, 0.2) is 41.8 Å². The highest BCUT2D eigenvalue weighted by atomic mass is 32.1. The number of ether oxygens (including phenoxy) is 2. The molecule has 0 aliphatic rings. The minimum atomic E-state index is -0.0568. The van der Waals surface area contributed by atoms with Crippen molar-refractivity contribution in [2.24, 2.45) is 0 Å². The second kappa shape index (κ2) is 8.44. The van der Waals surface area contributed by atoms with Crippen molar-refractivity contribution in [3.63, 3.8) is 0 Å². The summed E-state index contributed by atoms with van der Waals surface area (Å²) >= 11 is 1.64. The quantitative estimate of drug-likeness (QED) is 0.746. The third-order valence-corrected chi connectivity index (χ3v) is 3.92. The monoisotopic (exact) mass is 319 g/mol. The molecule has 0 bridgehead atoms. The minimum Gasteiger partial charge on any atom is -0.490 e. The number of benzene rings is 1. The van der Waals surface area contributed by atoms with Gasteiger partial charge in [-0.1, -0.05) is 25.1 Å². The number of carbonyl (C=O) groups is 1. The summed E-state index contributed by atoms with van der Waals surface area (Å²) in [7, 11) is 1.78. The van der Waals surface area contributed by atoms with Crippen LogP contribution in [0.1, 0.15) is 18.2 Å². The maximum absolute atomic E-state index is 12.1. The first-order valence-electron chi connectivity index (χ1n) is 7.31. The number of thiophene rings is 1. The molecule has 0 spiro atoms. The third kappa shape index (κ3) is 4.77. The highest BCUT2D eigenvalue weighted by molar-refractivity contribution is 7.09. The molecule has 0 aliphatic carbocycles. The minimum absolute atomic E-state index is 0.00831. The van der Waals surface area contributed by atoms with Crippen LogP contribution in [0, 0.1) is 0 Å². The molecule has 1 heterocycles. The average molecular weight is 319 g/mol. The first-order valence-corrected chi connectivity index (χ1v) is 8.19. The number of para-hydroxylation sites is 2. The van der Waals surface area contributed by atoms with E-state index in [0.717, 1.165) is 11.3 Å². The number of rotatable bonds is 8. The Morgan fingerprint density at radius 2 is 1.86 bits per heavy atom. The van der Waals surface area contributed by atoms with Crippen molar-refractivity contribution in [3.8, 4) is 11.5 Å². The molecule has 2 aromatic rings. The van der Waals surface area contributed by atoms with Gasteiger partial charge in [-0.25, -0.2) is 0 Å². The lowest BCUT2D eigenvalue weighted by molar-refractivity contribution is -0.132. The fraction of sp³-hybridized carbons (Fsp3) is 0.353. The van der Waals surface area contributed by atoms with Gasteiger partial charge in [0, 0.05) is 11.9 Å². The van der Waals surface area contributed by atoms with Gasteiger partial charge in [0.05, 0.1) is 13.2 Å². The standard InChI is InChI=1S/C17H21NO3S/c1-3-10-20-15-8-4-5-9-16(15)21-13-17(19)18(2)12-14-7-6-11-22-14/h4-9,11H,3,10,12-13H2,1-2H3. The summed E-state index contributed by atoms with van der Waals surface area (Å²) in [5.74, 6) is 1.23. The Balaban J connectivity index is 1.87. The van der Waals surface area contributed by atoms with E-state index in [4.69, 9.17) is 9.47 Å². The van der Waals surface area contributed by atoms with Crippen LogP contribution >= 0.6 is 11.3 Å². The van der Waals surface area contributed by atoms with Crippen LogP contribution in [-0.4, -0.2) is 31.1 Å². The zero-order chi connectivity index (χ0) is 15.8. The highest BCUT2D eigenvalue weighted by Gasteiger charge is 2.12. The first kappa shape index (κ1) is 16.4. The fourth-order valence-electron chi connectivity index (χ4n) is 1.87. The summed E-state index contributed by atoms with van der Waals surface area (Å²) in [4.78, 5) is 15.0. The molecular formula is C17H21NO3S. The maximum atomic E-state index is 12.1. The van der Waals surface area contributed by atoms with Gasteiger partial charge < -0.3 is 14.4 Å². The molecule has 1 aromatic heterocycles. The van der Waals surface area contributed by atoms with E-state index < -0.39 is 0 Å². The highest BCUT2D eigenvalue weighted by Crippen LogP contribution is 2.26. The Kier molecular flexibility index (Phi) is 6.27. The molecule has 0 radical (unpaired) electrons. The van der Waals surface area contributed by atoms with Gasteiger partial charge in [-0.2, -0.15) is 0 Å². The van der Waals surface area contributed by atoms with Crippen molar-refractivity contribution in [2.75, 3.05) is 20.3 Å². The molecule has 2 rings (SSSR count). The summed E-state index contributed by atoms with van der Waals surface area (Å²) in [5.41, 5.74) is 0. The second-order valence-corrected chi connectivity index (χ2v) is 5.95. The van der Waals surface area contributed by atoms with Crippen molar-refractivity contribution in [3.05, 3.63) is 46.7 Å². The summed E-state index contributed by atoms with van der Waals surface area (Å²) in [6.07, 6.45) is 0.927. The zero-order valence-corrected chi connectivity index (χ0v) is 13.8. The molecule has 118 valence electrons. The van der Waals surface area contributed by atoms with Crippen LogP contribution in [0.3, 0.4) is 0 Å². The van der Waals surface area contributed by atoms with Gasteiger partial charge in [-0.3, -0.25) is 4.79 Å². The molecule has 1 aromatic carbocycles. The molecule has 0 aliphatic heterocycles. The fourth-order valence-corrected chi connectivity index (χ4v) is 2.63. The molecule has 0 saturated heterocycles. The van der Waals surface area contributed by atoms with E-state index in [0.29, 0.717) is 24.7 Å². The smallest absolute Gasteiger partial charge is 0.260 e. The molecule has 0 atom stereocenters. The molecule has 1 amide bonds. The molecule has 4 nitrogen and oxygen atoms in total. The van der Waals surface area contributed by atoms with E-state index in [2.05, 4.69) is 0 Å². The summed E-state index contributed by atoms with van der Waals surface area (Å²) in [6.45, 7) is 3.29. The van der Waals surface area contributed by atoms with Crippen molar-refractivity contribution in [2.45, 2.75) is 19.9 Å². The van der Waals surface area contributed by atoms with E-state index in [-0.39, 0.29) is 12.5 Å². The molecule has 0 fully saturated rings. The van der Waals surface area contributed by atoms with Crippen LogP contribution in [0.4, 0.5) is 0 Å². The van der Waals surface area contributed by atoms with Crippen molar-refractivity contribution < 1.29 is 14.3 Å². The summed E-state index contributed by atoms with van der Waals surface area (Å²) in [6, 6.07) is 11.4. The van der Waals surface area contributed by atoms with Gasteiger partial charge in [-0.05, 0) is 30.0 Å². The third-order valence-electron chi connectivity index (χ3n) is 3.06. The summed E-state index contributed by atoms with van der Waals surface area (Å²) in [5, 5.41) is 2.01. The van der Waals surface area contributed by atoms with Gasteiger partial charge in [-0.15, -0.1) is 11.3 Å². The predicted molar refractivity (Wildman–Crippen MR) is 88.5 cm³/mol. The number of hydrogen-bond donors (Lipinski definition) is 0. The molecule has 0 N–H and O–H groups in total. The number of hydrogen-bond acceptors (Lipinski definition) is 4. The Labute approximate surface area is 135 Å². The predicted octanol–water partition coefficient (Wildman–Crippen LogP) is 3.57. The Bertz CT molecular complexity index is 583. The van der Waals surface area contributed by atoms with E-state index in [1.807, 2.05) is 48.7 Å². The van der Waals surface area contributed by atoms with Crippen molar-refractivity contribution >= 4 is 17.2 Å². The Morgan fingerprint density at radius 1 is 1.14 bits per heavy atom. The van der Waals surface area contributed by atoms with Crippen LogP contribution < -0.4 is 9.47 Å². The Hall–Kier alpha value is -2.01. The topological polar surface area (TPSA) is 38.8 Å². The molecule has 0 saturated carbocycles. The number of carbonyl (C=O) groups excluding carboxylic acids is 1. The van der Waals surface area contributed by atoms with Crippen LogP contribution in [0.2, 0.25) is 0 Å². The average Bonchev–Trinajstić information content (AvgIpc) is 3.04. The summed E-state index contributed by atoms with van der Waals surface area (Å²) < 4.78 is 11.2. The number of amides is 1. The van der Waals surface area contributed by atoms with E-state index in [1.165, 1.54) is 0 Å². The Morgan fingerprint density at radius 3 is 2.50 bits per heavy atom. The first-order chi connectivity index (χ1) is 10.7. The van der Waals surface area contributed by atoms with Gasteiger partial charge in [0.25, 0.3) is 5.91 Å². The van der Waals surface area contributed by atoms with Crippen molar-refractivity contribution in [1.82, 2.24) is 4.90 Å². The van der Waals surface area contributed by atoms with Gasteiger partial charge in [0.1, 0.15) is 0 Å². The van der Waals surface area contributed by atoms with Gasteiger partial charge in [0.15, 0.2) is 18.1 Å².